The van der Waals surface area contributed by atoms with E-state index in [1.54, 1.807) is 18.2 Å². The van der Waals surface area contributed by atoms with Gasteiger partial charge < -0.3 is 21.5 Å². The molecule has 2 amide bonds. The molecule has 1 heterocycles. The molecule has 0 aliphatic carbocycles. The molecule has 1 aromatic rings. The van der Waals surface area contributed by atoms with Crippen LogP contribution in [0.25, 0.3) is 0 Å². The normalized spacial score (nSPS) is 15.7. The monoisotopic (exact) mass is 277 g/mol. The first kappa shape index (κ1) is 14.0. The van der Waals surface area contributed by atoms with Crippen molar-refractivity contribution in [2.75, 3.05) is 10.6 Å². The Hall–Kier alpha value is -2.41. The van der Waals surface area contributed by atoms with Crippen LogP contribution in [0.3, 0.4) is 0 Å². The lowest BCUT2D eigenvalue weighted by molar-refractivity contribution is -0.137. The highest BCUT2D eigenvalue weighted by Gasteiger charge is 2.19. The van der Waals surface area contributed by atoms with Crippen molar-refractivity contribution in [2.24, 2.45) is 5.73 Å². The lowest BCUT2D eigenvalue weighted by Crippen LogP contribution is -2.16. The number of carbonyl (C=O) groups excluding carboxylic acids is 2. The summed E-state index contributed by atoms with van der Waals surface area (Å²) < 4.78 is 0. The molecule has 7 heteroatoms. The van der Waals surface area contributed by atoms with Gasteiger partial charge in [-0.2, -0.15) is 0 Å². The summed E-state index contributed by atoms with van der Waals surface area (Å²) in [6.07, 6.45) is 0.0465. The highest BCUT2D eigenvalue weighted by molar-refractivity contribution is 6.13. The number of rotatable bonds is 4. The number of benzene rings is 1. The maximum atomic E-state index is 11.5. The van der Waals surface area contributed by atoms with Gasteiger partial charge in [0, 0.05) is 12.5 Å². The number of aliphatic carboxylic acids is 1. The first-order valence-corrected chi connectivity index (χ1v) is 6.16. The van der Waals surface area contributed by atoms with E-state index < -0.39 is 17.9 Å². The van der Waals surface area contributed by atoms with Crippen molar-refractivity contribution in [2.45, 2.75) is 25.3 Å². The zero-order valence-electron chi connectivity index (χ0n) is 10.7. The Kier molecular flexibility index (Phi) is 3.99. The molecule has 2 rings (SSSR count). The fourth-order valence-electron chi connectivity index (χ4n) is 1.99. The van der Waals surface area contributed by atoms with E-state index in [1.165, 1.54) is 0 Å². The lowest BCUT2D eigenvalue weighted by Gasteiger charge is -2.14. The Morgan fingerprint density at radius 3 is 2.55 bits per heavy atom. The third-order valence-electron chi connectivity index (χ3n) is 3.01. The van der Waals surface area contributed by atoms with Crippen LogP contribution in [0.2, 0.25) is 0 Å². The number of anilines is 2. The minimum atomic E-state index is -0.907. The van der Waals surface area contributed by atoms with E-state index in [4.69, 9.17) is 10.8 Å². The molecule has 106 valence electrons. The summed E-state index contributed by atoms with van der Waals surface area (Å²) in [6, 6.07) is 4.58. The van der Waals surface area contributed by atoms with Crippen LogP contribution < -0.4 is 16.4 Å². The molecule has 0 spiro atoms. The van der Waals surface area contributed by atoms with Gasteiger partial charge in [-0.3, -0.25) is 14.4 Å². The van der Waals surface area contributed by atoms with Gasteiger partial charge in [0.25, 0.3) is 0 Å². The Labute approximate surface area is 115 Å². The smallest absolute Gasteiger partial charge is 0.303 e. The molecule has 0 saturated carbocycles. The summed E-state index contributed by atoms with van der Waals surface area (Å²) >= 11 is 0. The molecule has 0 radical (unpaired) electrons. The second-order valence-corrected chi connectivity index (χ2v) is 4.62. The van der Waals surface area contributed by atoms with Crippen LogP contribution in [0.5, 0.6) is 0 Å². The summed E-state index contributed by atoms with van der Waals surface area (Å²) in [5.74, 6) is -1.67. The molecule has 0 aromatic heterocycles. The van der Waals surface area contributed by atoms with Gasteiger partial charge in [-0.05, 0) is 24.1 Å². The van der Waals surface area contributed by atoms with Gasteiger partial charge in [-0.25, -0.2) is 0 Å². The Morgan fingerprint density at radius 2 is 1.90 bits per heavy atom. The largest absolute Gasteiger partial charge is 0.481 e. The Bertz CT molecular complexity index is 571. The molecule has 0 bridgehead atoms. The van der Waals surface area contributed by atoms with Crippen LogP contribution in [0, 0.1) is 0 Å². The van der Waals surface area contributed by atoms with Crippen molar-refractivity contribution in [3.05, 3.63) is 23.8 Å². The maximum absolute atomic E-state index is 11.5. The molecule has 20 heavy (non-hydrogen) atoms. The molecule has 1 atom stereocenters. The van der Waals surface area contributed by atoms with E-state index in [9.17, 15) is 14.4 Å². The predicted octanol–water partition coefficient (Wildman–Crippen LogP) is 0.832. The van der Waals surface area contributed by atoms with Crippen LogP contribution in [0.15, 0.2) is 18.2 Å². The quantitative estimate of drug-likeness (QED) is 0.607. The molecule has 1 aliphatic heterocycles. The molecule has 1 aromatic carbocycles. The predicted molar refractivity (Wildman–Crippen MR) is 72.1 cm³/mol. The van der Waals surface area contributed by atoms with Gasteiger partial charge in [-0.1, -0.05) is 6.07 Å². The number of carboxylic acid groups (broad SMARTS) is 1. The van der Waals surface area contributed by atoms with E-state index in [0.717, 1.165) is 0 Å². The number of hydrogen-bond donors (Lipinski definition) is 4. The van der Waals surface area contributed by atoms with E-state index >= 15 is 0 Å². The fraction of sp³-hybridized carbons (Fsp3) is 0.308. The van der Waals surface area contributed by atoms with Crippen LogP contribution in [-0.4, -0.2) is 22.9 Å². The van der Waals surface area contributed by atoms with Gasteiger partial charge in [0.15, 0.2) is 0 Å². The molecule has 7 nitrogen and oxygen atoms in total. The highest BCUT2D eigenvalue weighted by atomic mass is 16.4. The molecular formula is C13H15N3O4. The van der Waals surface area contributed by atoms with Crippen LogP contribution in [0.1, 0.15) is 30.9 Å². The Morgan fingerprint density at radius 1 is 1.25 bits per heavy atom. The highest BCUT2D eigenvalue weighted by Crippen LogP contribution is 2.28. The topological polar surface area (TPSA) is 122 Å². The van der Waals surface area contributed by atoms with Gasteiger partial charge >= 0.3 is 5.97 Å². The first-order valence-electron chi connectivity index (χ1n) is 6.16. The minimum absolute atomic E-state index is 0.0264. The molecule has 1 unspecified atom stereocenters. The number of nitrogens with one attached hydrogen (secondary N) is 2. The van der Waals surface area contributed by atoms with Crippen LogP contribution in [0.4, 0.5) is 11.4 Å². The second-order valence-electron chi connectivity index (χ2n) is 4.62. The van der Waals surface area contributed by atoms with E-state index in [1.807, 2.05) is 0 Å². The van der Waals surface area contributed by atoms with Crippen molar-refractivity contribution in [3.8, 4) is 0 Å². The van der Waals surface area contributed by atoms with Gasteiger partial charge in [0.05, 0.1) is 11.4 Å². The van der Waals surface area contributed by atoms with Crippen molar-refractivity contribution >= 4 is 29.2 Å². The van der Waals surface area contributed by atoms with Crippen LogP contribution in [-0.2, 0) is 14.4 Å². The second kappa shape index (κ2) is 5.70. The van der Waals surface area contributed by atoms with Gasteiger partial charge in [-0.15, -0.1) is 0 Å². The first-order chi connectivity index (χ1) is 9.45. The van der Waals surface area contributed by atoms with Crippen LogP contribution >= 0.6 is 0 Å². The number of carboxylic acids is 1. The fourth-order valence-corrected chi connectivity index (χ4v) is 1.99. The summed E-state index contributed by atoms with van der Waals surface area (Å²) in [5, 5.41) is 13.9. The van der Waals surface area contributed by atoms with E-state index in [-0.39, 0.29) is 18.7 Å². The maximum Gasteiger partial charge on any atom is 0.303 e. The number of amides is 2. The van der Waals surface area contributed by atoms with E-state index in [0.29, 0.717) is 23.4 Å². The van der Waals surface area contributed by atoms with Crippen molar-refractivity contribution < 1.29 is 19.5 Å². The number of nitrogens with two attached hydrogens (primary N) is 1. The summed E-state index contributed by atoms with van der Waals surface area (Å²) in [5.41, 5.74) is 7.61. The third-order valence-corrected chi connectivity index (χ3v) is 3.01. The average molecular weight is 277 g/mol. The Balaban J connectivity index is 2.20. The minimum Gasteiger partial charge on any atom is -0.481 e. The van der Waals surface area contributed by atoms with Gasteiger partial charge in [0.1, 0.15) is 6.42 Å². The molecule has 1 aliphatic rings. The molecule has 5 N–H and O–H groups in total. The van der Waals surface area contributed by atoms with Crippen molar-refractivity contribution in [3.63, 3.8) is 0 Å². The standard InChI is InChI=1S/C13H15N3O4/c14-8(2-4-13(19)20)7-1-3-9-10(5-7)16-12(18)6-11(17)15-9/h1,3,5,8H,2,4,6,14H2,(H,15,17)(H,16,18)(H,19,20). The zero-order chi connectivity index (χ0) is 14.7. The lowest BCUT2D eigenvalue weighted by atomic mass is 10.0. The number of fused-ring (bicyclic) bond motifs is 1. The number of carbonyl (C=O) groups is 3. The summed E-state index contributed by atoms with van der Waals surface area (Å²) in [6.45, 7) is 0. The SMILES string of the molecule is NC(CCC(=O)O)c1ccc2c(c1)NC(=O)CC(=O)N2. The third kappa shape index (κ3) is 3.33. The average Bonchev–Trinajstić information content (AvgIpc) is 2.51. The molecule has 0 saturated heterocycles. The molecular weight excluding hydrogens is 262 g/mol. The zero-order valence-corrected chi connectivity index (χ0v) is 10.7. The van der Waals surface area contributed by atoms with Gasteiger partial charge in [0.2, 0.25) is 11.8 Å². The van der Waals surface area contributed by atoms with E-state index in [2.05, 4.69) is 10.6 Å². The number of hydrogen-bond acceptors (Lipinski definition) is 4. The van der Waals surface area contributed by atoms with Crippen molar-refractivity contribution in [1.29, 1.82) is 0 Å². The molecule has 0 fully saturated rings. The summed E-state index contributed by atoms with van der Waals surface area (Å²) in [7, 11) is 0. The van der Waals surface area contributed by atoms with Crippen molar-refractivity contribution in [1.82, 2.24) is 0 Å². The summed E-state index contributed by atoms with van der Waals surface area (Å²) in [4.78, 5) is 33.4.